The van der Waals surface area contributed by atoms with Crippen LogP contribution in [0.2, 0.25) is 5.02 Å². The van der Waals surface area contributed by atoms with Gasteiger partial charge in [0.05, 0.1) is 12.8 Å². The Kier molecular flexibility index (Phi) is 3.49. The molecule has 0 atom stereocenters. The molecular formula is C13H11ClFNO. The molecular weight excluding hydrogens is 241 g/mol. The van der Waals surface area contributed by atoms with Gasteiger partial charge in [0.25, 0.3) is 0 Å². The Hall–Kier alpha value is -1.74. The lowest BCUT2D eigenvalue weighted by atomic mass is 10.2. The first-order valence-corrected chi connectivity index (χ1v) is 5.43. The summed E-state index contributed by atoms with van der Waals surface area (Å²) in [6.07, 6.45) is 0. The molecule has 1 N–H and O–H groups in total. The van der Waals surface area contributed by atoms with E-state index in [9.17, 15) is 4.39 Å². The molecule has 0 aromatic heterocycles. The number of ether oxygens (including phenoxy) is 1. The summed E-state index contributed by atoms with van der Waals surface area (Å²) in [5.74, 6) is 0.114. The molecule has 0 aliphatic heterocycles. The Bertz CT molecular complexity index is 531. The van der Waals surface area contributed by atoms with Crippen LogP contribution in [0.5, 0.6) is 5.75 Å². The smallest absolute Gasteiger partial charge is 0.150 e. The van der Waals surface area contributed by atoms with Crippen LogP contribution in [0, 0.1) is 5.82 Å². The fourth-order valence-electron chi connectivity index (χ4n) is 1.45. The molecule has 2 nitrogen and oxygen atoms in total. The number of nitrogens with one attached hydrogen (secondary N) is 1. The van der Waals surface area contributed by atoms with Gasteiger partial charge in [-0.3, -0.25) is 0 Å². The summed E-state index contributed by atoms with van der Waals surface area (Å²) < 4.78 is 18.6. The number of hydrogen-bond donors (Lipinski definition) is 1. The van der Waals surface area contributed by atoms with Gasteiger partial charge < -0.3 is 10.1 Å². The maximum Gasteiger partial charge on any atom is 0.150 e. The topological polar surface area (TPSA) is 21.3 Å². The Labute approximate surface area is 104 Å². The lowest BCUT2D eigenvalue weighted by Gasteiger charge is -2.09. The third-order valence-electron chi connectivity index (χ3n) is 2.28. The van der Waals surface area contributed by atoms with Gasteiger partial charge in [-0.15, -0.1) is 0 Å². The van der Waals surface area contributed by atoms with Gasteiger partial charge in [-0.2, -0.15) is 0 Å². The molecule has 0 heterocycles. The van der Waals surface area contributed by atoms with Crippen molar-refractivity contribution in [2.24, 2.45) is 0 Å². The summed E-state index contributed by atoms with van der Waals surface area (Å²) in [7, 11) is 1.50. The van der Waals surface area contributed by atoms with E-state index in [0.717, 1.165) is 5.69 Å². The predicted molar refractivity (Wildman–Crippen MR) is 67.7 cm³/mol. The van der Waals surface area contributed by atoms with Gasteiger partial charge in [-0.25, -0.2) is 4.39 Å². The van der Waals surface area contributed by atoms with E-state index in [4.69, 9.17) is 16.3 Å². The first-order chi connectivity index (χ1) is 8.19. The van der Waals surface area contributed by atoms with Crippen molar-refractivity contribution < 1.29 is 9.13 Å². The van der Waals surface area contributed by atoms with Crippen LogP contribution in [0.25, 0.3) is 0 Å². The van der Waals surface area contributed by atoms with Gasteiger partial charge in [-0.1, -0.05) is 17.7 Å². The molecule has 0 spiro atoms. The Morgan fingerprint density at radius 3 is 2.65 bits per heavy atom. The number of methoxy groups -OCH3 is 1. The lowest BCUT2D eigenvalue weighted by molar-refractivity contribution is 0.411. The first kappa shape index (κ1) is 11.7. The molecule has 0 saturated carbocycles. The number of halogens is 2. The van der Waals surface area contributed by atoms with Gasteiger partial charge >= 0.3 is 0 Å². The average Bonchev–Trinajstić information content (AvgIpc) is 2.32. The minimum absolute atomic E-state index is 0.371. The van der Waals surface area contributed by atoms with Crippen LogP contribution in [0.1, 0.15) is 0 Å². The van der Waals surface area contributed by atoms with E-state index in [0.29, 0.717) is 16.5 Å². The van der Waals surface area contributed by atoms with Crippen molar-refractivity contribution in [2.75, 3.05) is 12.4 Å². The normalized spacial score (nSPS) is 10.1. The average molecular weight is 252 g/mol. The molecule has 88 valence electrons. The zero-order valence-electron chi connectivity index (χ0n) is 9.21. The molecule has 17 heavy (non-hydrogen) atoms. The van der Waals surface area contributed by atoms with E-state index in [1.807, 2.05) is 6.07 Å². The Morgan fingerprint density at radius 1 is 1.18 bits per heavy atom. The van der Waals surface area contributed by atoms with Crippen molar-refractivity contribution >= 4 is 23.0 Å². The van der Waals surface area contributed by atoms with Crippen LogP contribution in [-0.4, -0.2) is 7.11 Å². The van der Waals surface area contributed by atoms with Crippen LogP contribution in [-0.2, 0) is 0 Å². The summed E-state index contributed by atoms with van der Waals surface area (Å²) in [6.45, 7) is 0. The minimum atomic E-state index is -0.371. The van der Waals surface area contributed by atoms with E-state index in [1.54, 1.807) is 30.3 Å². The zero-order valence-corrected chi connectivity index (χ0v) is 9.96. The van der Waals surface area contributed by atoms with Crippen LogP contribution >= 0.6 is 11.6 Å². The highest BCUT2D eigenvalue weighted by atomic mass is 35.5. The van der Waals surface area contributed by atoms with Crippen molar-refractivity contribution in [2.45, 2.75) is 0 Å². The summed E-state index contributed by atoms with van der Waals surface area (Å²) in [6, 6.07) is 11.7. The molecule has 2 aromatic rings. The first-order valence-electron chi connectivity index (χ1n) is 5.05. The molecule has 0 fully saturated rings. The SMILES string of the molecule is COc1ccc(Nc2cccc(Cl)c2)c(F)c1. The van der Waals surface area contributed by atoms with E-state index in [-0.39, 0.29) is 5.82 Å². The summed E-state index contributed by atoms with van der Waals surface area (Å²) in [5.41, 5.74) is 1.12. The van der Waals surface area contributed by atoms with Crippen molar-refractivity contribution in [3.05, 3.63) is 53.3 Å². The molecule has 0 bridgehead atoms. The van der Waals surface area contributed by atoms with Gasteiger partial charge in [0.15, 0.2) is 0 Å². The van der Waals surface area contributed by atoms with Crippen molar-refractivity contribution in [3.8, 4) is 5.75 Å². The highest BCUT2D eigenvalue weighted by Crippen LogP contribution is 2.25. The van der Waals surface area contributed by atoms with Crippen molar-refractivity contribution in [1.29, 1.82) is 0 Å². The second-order valence-electron chi connectivity index (χ2n) is 3.48. The van der Waals surface area contributed by atoms with Crippen LogP contribution in [0.3, 0.4) is 0 Å². The van der Waals surface area contributed by atoms with E-state index in [1.165, 1.54) is 13.2 Å². The molecule has 0 saturated heterocycles. The summed E-state index contributed by atoms with van der Waals surface area (Å²) >= 11 is 5.84. The van der Waals surface area contributed by atoms with Crippen molar-refractivity contribution in [3.63, 3.8) is 0 Å². The maximum absolute atomic E-state index is 13.6. The molecule has 2 rings (SSSR count). The third kappa shape index (κ3) is 2.88. The van der Waals surface area contributed by atoms with E-state index >= 15 is 0 Å². The molecule has 0 amide bonds. The summed E-state index contributed by atoms with van der Waals surface area (Å²) in [5, 5.41) is 3.55. The molecule has 0 radical (unpaired) electrons. The molecule has 4 heteroatoms. The lowest BCUT2D eigenvalue weighted by Crippen LogP contribution is -1.94. The number of hydrogen-bond acceptors (Lipinski definition) is 2. The van der Waals surface area contributed by atoms with E-state index in [2.05, 4.69) is 5.32 Å². The number of anilines is 2. The highest BCUT2D eigenvalue weighted by molar-refractivity contribution is 6.30. The van der Waals surface area contributed by atoms with E-state index < -0.39 is 0 Å². The molecule has 0 aliphatic carbocycles. The van der Waals surface area contributed by atoms with Gasteiger partial charge in [-0.05, 0) is 30.3 Å². The van der Waals surface area contributed by atoms with Crippen LogP contribution in [0.15, 0.2) is 42.5 Å². The van der Waals surface area contributed by atoms with Gasteiger partial charge in [0.2, 0.25) is 0 Å². The van der Waals surface area contributed by atoms with Crippen LogP contribution < -0.4 is 10.1 Å². The summed E-state index contributed by atoms with van der Waals surface area (Å²) in [4.78, 5) is 0. The number of benzene rings is 2. The van der Waals surface area contributed by atoms with Gasteiger partial charge in [0.1, 0.15) is 11.6 Å². The quantitative estimate of drug-likeness (QED) is 0.881. The Morgan fingerprint density at radius 2 is 2.00 bits per heavy atom. The predicted octanol–water partition coefficient (Wildman–Crippen LogP) is 4.23. The third-order valence-corrected chi connectivity index (χ3v) is 2.51. The molecule has 2 aromatic carbocycles. The zero-order chi connectivity index (χ0) is 12.3. The number of rotatable bonds is 3. The maximum atomic E-state index is 13.6. The second kappa shape index (κ2) is 5.06. The standard InChI is InChI=1S/C13H11ClFNO/c1-17-11-5-6-13(12(15)8-11)16-10-4-2-3-9(14)7-10/h2-8,16H,1H3. The van der Waals surface area contributed by atoms with Gasteiger partial charge in [0, 0.05) is 16.8 Å². The molecule has 0 unspecified atom stereocenters. The highest BCUT2D eigenvalue weighted by Gasteiger charge is 2.04. The fourth-order valence-corrected chi connectivity index (χ4v) is 1.64. The largest absolute Gasteiger partial charge is 0.497 e. The Balaban J connectivity index is 2.24. The van der Waals surface area contributed by atoms with Crippen LogP contribution in [0.4, 0.5) is 15.8 Å². The minimum Gasteiger partial charge on any atom is -0.497 e. The second-order valence-corrected chi connectivity index (χ2v) is 3.92. The molecule has 0 aliphatic rings. The van der Waals surface area contributed by atoms with Crippen molar-refractivity contribution in [1.82, 2.24) is 0 Å². The fraction of sp³-hybridized carbons (Fsp3) is 0.0769. The monoisotopic (exact) mass is 251 g/mol.